The number of hydrogen-bond donors (Lipinski definition) is 0. The zero-order valence-electron chi connectivity index (χ0n) is 9.30. The Hall–Kier alpha value is -1.11. The van der Waals surface area contributed by atoms with Crippen molar-refractivity contribution >= 4 is 40.7 Å². The molecule has 0 radical (unpaired) electrons. The average Bonchev–Trinajstić information content (AvgIpc) is 2.75. The molecule has 2 aromatic rings. The van der Waals surface area contributed by atoms with Crippen LogP contribution in [-0.4, -0.2) is 31.7 Å². The molecule has 0 N–H and O–H groups in total. The lowest BCUT2D eigenvalue weighted by Gasteiger charge is -2.03. The number of ketones is 1. The van der Waals surface area contributed by atoms with E-state index in [0.717, 1.165) is 0 Å². The van der Waals surface area contributed by atoms with Crippen molar-refractivity contribution in [2.75, 3.05) is 5.75 Å². The summed E-state index contributed by atoms with van der Waals surface area (Å²) in [5.74, 6) is 0.0874. The molecule has 0 saturated heterocycles. The number of nitrogens with zero attached hydrogens (tertiary/aromatic N) is 4. The Bertz CT molecular complexity index is 587. The van der Waals surface area contributed by atoms with Gasteiger partial charge in [-0.2, -0.15) is 0 Å². The van der Waals surface area contributed by atoms with Crippen LogP contribution in [0.3, 0.4) is 0 Å². The van der Waals surface area contributed by atoms with Gasteiger partial charge in [-0.25, -0.2) is 4.68 Å². The normalized spacial score (nSPS) is 10.6. The van der Waals surface area contributed by atoms with Gasteiger partial charge >= 0.3 is 0 Å². The minimum atomic E-state index is -0.115. The Morgan fingerprint density at radius 2 is 2.22 bits per heavy atom. The third-order valence-corrected chi connectivity index (χ3v) is 3.72. The number of benzene rings is 1. The van der Waals surface area contributed by atoms with Crippen LogP contribution in [0.25, 0.3) is 0 Å². The summed E-state index contributed by atoms with van der Waals surface area (Å²) in [4.78, 5) is 12.0. The monoisotopic (exact) mass is 302 g/mol. The van der Waals surface area contributed by atoms with Crippen molar-refractivity contribution in [1.82, 2.24) is 20.2 Å². The molecule has 18 heavy (non-hydrogen) atoms. The van der Waals surface area contributed by atoms with Gasteiger partial charge in [0.2, 0.25) is 5.16 Å². The molecule has 0 aliphatic carbocycles. The van der Waals surface area contributed by atoms with E-state index in [1.807, 2.05) is 0 Å². The number of thioether (sulfide) groups is 1. The molecule has 94 valence electrons. The Morgan fingerprint density at radius 1 is 1.44 bits per heavy atom. The molecule has 0 fully saturated rings. The van der Waals surface area contributed by atoms with Gasteiger partial charge in [0, 0.05) is 17.6 Å². The van der Waals surface area contributed by atoms with Gasteiger partial charge in [-0.05, 0) is 28.6 Å². The molecule has 0 amide bonds. The number of aryl methyl sites for hydroxylation is 1. The maximum absolute atomic E-state index is 12.0. The van der Waals surface area contributed by atoms with Crippen molar-refractivity contribution in [3.8, 4) is 0 Å². The first-order valence-electron chi connectivity index (χ1n) is 4.91. The smallest absolute Gasteiger partial charge is 0.209 e. The highest BCUT2D eigenvalue weighted by atomic mass is 35.5. The molecular weight excluding hydrogens is 295 g/mol. The molecular formula is C10H8Cl2N4OS. The first kappa shape index (κ1) is 13.3. The van der Waals surface area contributed by atoms with Crippen LogP contribution in [0.5, 0.6) is 0 Å². The van der Waals surface area contributed by atoms with E-state index in [1.165, 1.54) is 16.4 Å². The third-order valence-electron chi connectivity index (χ3n) is 2.14. The van der Waals surface area contributed by atoms with Crippen LogP contribution in [0.15, 0.2) is 23.4 Å². The quantitative estimate of drug-likeness (QED) is 0.641. The number of rotatable bonds is 4. The minimum Gasteiger partial charge on any atom is -0.293 e. The van der Waals surface area contributed by atoms with Crippen LogP contribution in [0, 0.1) is 0 Å². The number of tetrazole rings is 1. The topological polar surface area (TPSA) is 60.7 Å². The number of Topliss-reactive ketones (excluding diaryl/α,β-unsaturated/α-hetero) is 1. The number of aromatic nitrogens is 4. The van der Waals surface area contributed by atoms with Gasteiger partial charge in [0.25, 0.3) is 0 Å². The summed E-state index contributed by atoms with van der Waals surface area (Å²) in [6.45, 7) is 0. The van der Waals surface area contributed by atoms with Crippen molar-refractivity contribution in [3.05, 3.63) is 33.8 Å². The summed E-state index contributed by atoms with van der Waals surface area (Å²) in [7, 11) is 1.71. The zero-order chi connectivity index (χ0) is 13.1. The maximum atomic E-state index is 12.0. The molecule has 1 aromatic heterocycles. The first-order valence-corrected chi connectivity index (χ1v) is 6.65. The molecule has 1 heterocycles. The Labute approximate surface area is 117 Å². The molecule has 0 spiro atoms. The van der Waals surface area contributed by atoms with Crippen LogP contribution in [0.4, 0.5) is 0 Å². The summed E-state index contributed by atoms with van der Waals surface area (Å²) in [6, 6.07) is 4.80. The second kappa shape index (κ2) is 5.69. The largest absolute Gasteiger partial charge is 0.293 e. The summed E-state index contributed by atoms with van der Waals surface area (Å²) < 4.78 is 1.50. The Morgan fingerprint density at radius 3 is 2.89 bits per heavy atom. The maximum Gasteiger partial charge on any atom is 0.209 e. The van der Waals surface area contributed by atoms with Gasteiger partial charge in [-0.15, -0.1) is 5.10 Å². The number of carbonyl (C=O) groups is 1. The zero-order valence-corrected chi connectivity index (χ0v) is 11.6. The molecule has 0 aliphatic heterocycles. The van der Waals surface area contributed by atoms with Crippen molar-refractivity contribution in [1.29, 1.82) is 0 Å². The molecule has 0 bridgehead atoms. The highest BCUT2D eigenvalue weighted by molar-refractivity contribution is 7.99. The highest BCUT2D eigenvalue weighted by Gasteiger charge is 2.13. The highest BCUT2D eigenvalue weighted by Crippen LogP contribution is 2.23. The SMILES string of the molecule is Cn1nnnc1SCC(=O)c1cc(Cl)ccc1Cl. The minimum absolute atomic E-state index is 0.115. The second-order valence-corrected chi connectivity index (χ2v) is 5.21. The predicted octanol–water partition coefficient (Wildman–Crippen LogP) is 2.49. The molecule has 1 aromatic carbocycles. The van der Waals surface area contributed by atoms with Gasteiger partial charge in [-0.3, -0.25) is 4.79 Å². The molecule has 8 heteroatoms. The van der Waals surface area contributed by atoms with Gasteiger partial charge in [-0.1, -0.05) is 35.0 Å². The molecule has 0 saturated carbocycles. The number of carbonyl (C=O) groups excluding carboxylic acids is 1. The van der Waals surface area contributed by atoms with Crippen molar-refractivity contribution in [2.45, 2.75) is 5.16 Å². The van der Waals surface area contributed by atoms with Crippen LogP contribution in [0.1, 0.15) is 10.4 Å². The number of halogens is 2. The standard InChI is InChI=1S/C10H8Cl2N4OS/c1-16-10(13-14-15-16)18-5-9(17)7-4-6(11)2-3-8(7)12/h2-4H,5H2,1H3. The molecule has 0 aliphatic rings. The van der Waals surface area contributed by atoms with Crippen LogP contribution < -0.4 is 0 Å². The lowest BCUT2D eigenvalue weighted by molar-refractivity contribution is 0.102. The lowest BCUT2D eigenvalue weighted by Crippen LogP contribution is -2.04. The second-order valence-electron chi connectivity index (χ2n) is 3.42. The van der Waals surface area contributed by atoms with E-state index < -0.39 is 0 Å². The van der Waals surface area contributed by atoms with Crippen LogP contribution in [0.2, 0.25) is 10.0 Å². The van der Waals surface area contributed by atoms with Gasteiger partial charge in [0.05, 0.1) is 10.8 Å². The fraction of sp³-hybridized carbons (Fsp3) is 0.200. The summed E-state index contributed by atoms with van der Waals surface area (Å²) >= 11 is 13.0. The van der Waals surface area contributed by atoms with Crippen LogP contribution >= 0.6 is 35.0 Å². The fourth-order valence-electron chi connectivity index (χ4n) is 1.26. The van der Waals surface area contributed by atoms with Crippen molar-refractivity contribution < 1.29 is 4.79 Å². The van der Waals surface area contributed by atoms with Crippen molar-refractivity contribution in [3.63, 3.8) is 0 Å². The van der Waals surface area contributed by atoms with E-state index in [4.69, 9.17) is 23.2 Å². The molecule has 2 rings (SSSR count). The first-order chi connectivity index (χ1) is 8.58. The predicted molar refractivity (Wildman–Crippen MR) is 70.3 cm³/mol. The van der Waals surface area contributed by atoms with Crippen molar-refractivity contribution in [2.24, 2.45) is 7.05 Å². The molecule has 0 unspecified atom stereocenters. The summed E-state index contributed by atoms with van der Waals surface area (Å²) in [6.07, 6.45) is 0. The van der Waals surface area contributed by atoms with E-state index in [-0.39, 0.29) is 11.5 Å². The van der Waals surface area contributed by atoms with Crippen LogP contribution in [-0.2, 0) is 7.05 Å². The third kappa shape index (κ3) is 3.01. The Balaban J connectivity index is 2.08. The van der Waals surface area contributed by atoms with E-state index in [1.54, 1.807) is 25.2 Å². The molecule has 0 atom stereocenters. The summed E-state index contributed by atoms with van der Waals surface area (Å²) in [5.41, 5.74) is 0.409. The average molecular weight is 303 g/mol. The van der Waals surface area contributed by atoms with E-state index in [9.17, 15) is 4.79 Å². The van der Waals surface area contributed by atoms with E-state index in [2.05, 4.69) is 15.5 Å². The molecule has 5 nitrogen and oxygen atoms in total. The van der Waals surface area contributed by atoms with E-state index in [0.29, 0.717) is 20.8 Å². The van der Waals surface area contributed by atoms with Gasteiger partial charge in [0.1, 0.15) is 0 Å². The Kier molecular flexibility index (Phi) is 4.21. The number of hydrogen-bond acceptors (Lipinski definition) is 5. The van der Waals surface area contributed by atoms with Gasteiger partial charge in [0.15, 0.2) is 5.78 Å². The summed E-state index contributed by atoms with van der Waals surface area (Å²) in [5, 5.41) is 12.4. The van der Waals surface area contributed by atoms with Gasteiger partial charge < -0.3 is 0 Å². The van der Waals surface area contributed by atoms with E-state index >= 15 is 0 Å². The lowest BCUT2D eigenvalue weighted by atomic mass is 10.1. The fourth-order valence-corrected chi connectivity index (χ4v) is 2.39.